The monoisotopic (exact) mass is 243 g/mol. The Labute approximate surface area is 105 Å². The summed E-state index contributed by atoms with van der Waals surface area (Å²) < 4.78 is 0. The maximum absolute atomic E-state index is 5.63. The zero-order chi connectivity index (χ0) is 11.8. The normalized spacial score (nSPS) is 22.2. The van der Waals surface area contributed by atoms with Crippen molar-refractivity contribution in [3.05, 3.63) is 0 Å². The van der Waals surface area contributed by atoms with Gasteiger partial charge in [-0.25, -0.2) is 0 Å². The van der Waals surface area contributed by atoms with E-state index in [2.05, 4.69) is 10.2 Å². The second kappa shape index (κ2) is 7.98. The molecule has 4 heteroatoms. The summed E-state index contributed by atoms with van der Waals surface area (Å²) in [6.07, 6.45) is 6.66. The lowest BCUT2D eigenvalue weighted by atomic mass is 9.97. The van der Waals surface area contributed by atoms with E-state index in [9.17, 15) is 0 Å². The molecule has 16 heavy (non-hydrogen) atoms. The van der Waals surface area contributed by atoms with Crippen LogP contribution in [0.25, 0.3) is 0 Å². The van der Waals surface area contributed by atoms with Crippen molar-refractivity contribution in [3.63, 3.8) is 0 Å². The van der Waals surface area contributed by atoms with Gasteiger partial charge in [0.05, 0.1) is 4.99 Å². The van der Waals surface area contributed by atoms with Gasteiger partial charge in [-0.1, -0.05) is 31.5 Å². The topological polar surface area (TPSA) is 41.3 Å². The molecule has 94 valence electrons. The highest BCUT2D eigenvalue weighted by Crippen LogP contribution is 2.14. The Balaban J connectivity index is 0.000000165. The van der Waals surface area contributed by atoms with E-state index in [1.54, 1.807) is 0 Å². The Morgan fingerprint density at radius 2 is 1.75 bits per heavy atom. The van der Waals surface area contributed by atoms with Gasteiger partial charge >= 0.3 is 0 Å². The lowest BCUT2D eigenvalue weighted by Crippen LogP contribution is -2.44. The summed E-state index contributed by atoms with van der Waals surface area (Å²) in [4.78, 5) is 3.25. The van der Waals surface area contributed by atoms with Crippen molar-refractivity contribution in [3.8, 4) is 0 Å². The van der Waals surface area contributed by atoms with Crippen LogP contribution in [0.2, 0.25) is 0 Å². The quantitative estimate of drug-likeness (QED) is 0.633. The first-order chi connectivity index (χ1) is 7.70. The summed E-state index contributed by atoms with van der Waals surface area (Å²) >= 11 is 5.01. The molecule has 0 amide bonds. The first-order valence-electron chi connectivity index (χ1n) is 6.42. The molecular formula is C12H25N3S. The van der Waals surface area contributed by atoms with Crippen LogP contribution in [0, 0.1) is 0 Å². The van der Waals surface area contributed by atoms with Gasteiger partial charge in [-0.3, -0.25) is 0 Å². The Bertz CT molecular complexity index is 196. The fraction of sp³-hybridized carbons (Fsp3) is 0.917. The minimum absolute atomic E-state index is 0.536. The van der Waals surface area contributed by atoms with Gasteiger partial charge in [0.1, 0.15) is 0 Å². The number of nitrogens with zero attached hydrogens (tertiary/aromatic N) is 1. The average Bonchev–Trinajstić information content (AvgIpc) is 2.32. The second-order valence-corrected chi connectivity index (χ2v) is 5.24. The van der Waals surface area contributed by atoms with Gasteiger partial charge < -0.3 is 16.0 Å². The maximum Gasteiger partial charge on any atom is 0.0748 e. The van der Waals surface area contributed by atoms with E-state index in [0.29, 0.717) is 6.04 Å². The number of piperazine rings is 1. The molecule has 3 nitrogen and oxygen atoms in total. The zero-order valence-electron chi connectivity index (χ0n) is 10.4. The third-order valence-electron chi connectivity index (χ3n) is 3.21. The SMILES string of the molecule is CC(=S)N1CCNCC1.NC1CCCCC1. The lowest BCUT2D eigenvalue weighted by Gasteiger charge is -2.27. The molecule has 2 aliphatic rings. The molecule has 1 saturated carbocycles. The minimum Gasteiger partial charge on any atom is -0.364 e. The van der Waals surface area contributed by atoms with Crippen LogP contribution in [0.15, 0.2) is 0 Å². The Morgan fingerprint density at radius 1 is 1.19 bits per heavy atom. The van der Waals surface area contributed by atoms with Crippen molar-refractivity contribution >= 4 is 17.2 Å². The molecule has 0 aromatic rings. The number of hydrogen-bond acceptors (Lipinski definition) is 3. The third kappa shape index (κ3) is 5.77. The largest absolute Gasteiger partial charge is 0.364 e. The van der Waals surface area contributed by atoms with Crippen LogP contribution in [0.5, 0.6) is 0 Å². The smallest absolute Gasteiger partial charge is 0.0748 e. The zero-order valence-corrected chi connectivity index (χ0v) is 11.2. The predicted octanol–water partition coefficient (Wildman–Crippen LogP) is 1.52. The predicted molar refractivity (Wildman–Crippen MR) is 73.8 cm³/mol. The first-order valence-corrected chi connectivity index (χ1v) is 6.83. The van der Waals surface area contributed by atoms with Crippen LogP contribution < -0.4 is 11.1 Å². The van der Waals surface area contributed by atoms with Gasteiger partial charge in [0.2, 0.25) is 0 Å². The van der Waals surface area contributed by atoms with Crippen LogP contribution >= 0.6 is 12.2 Å². The van der Waals surface area contributed by atoms with Crippen LogP contribution in [0.4, 0.5) is 0 Å². The maximum atomic E-state index is 5.63. The molecule has 0 aromatic heterocycles. The van der Waals surface area contributed by atoms with E-state index >= 15 is 0 Å². The lowest BCUT2D eigenvalue weighted by molar-refractivity contribution is 0.361. The molecular weight excluding hydrogens is 218 g/mol. The molecule has 2 rings (SSSR count). The molecule has 1 heterocycles. The molecule has 0 radical (unpaired) electrons. The Morgan fingerprint density at radius 3 is 2.06 bits per heavy atom. The molecule has 2 fully saturated rings. The van der Waals surface area contributed by atoms with E-state index in [1.165, 1.54) is 32.1 Å². The number of rotatable bonds is 0. The van der Waals surface area contributed by atoms with Gasteiger partial charge in [0.25, 0.3) is 0 Å². The molecule has 3 N–H and O–H groups in total. The molecule has 0 bridgehead atoms. The highest BCUT2D eigenvalue weighted by atomic mass is 32.1. The summed E-state index contributed by atoms with van der Waals surface area (Å²) in [7, 11) is 0. The second-order valence-electron chi connectivity index (χ2n) is 4.65. The van der Waals surface area contributed by atoms with Crippen molar-refractivity contribution in [1.82, 2.24) is 10.2 Å². The van der Waals surface area contributed by atoms with Crippen molar-refractivity contribution in [2.24, 2.45) is 5.73 Å². The highest BCUT2D eigenvalue weighted by molar-refractivity contribution is 7.80. The van der Waals surface area contributed by atoms with Gasteiger partial charge in [-0.05, 0) is 19.8 Å². The van der Waals surface area contributed by atoms with Crippen molar-refractivity contribution in [2.75, 3.05) is 26.2 Å². The molecule has 0 spiro atoms. The van der Waals surface area contributed by atoms with E-state index < -0.39 is 0 Å². The van der Waals surface area contributed by atoms with Crippen LogP contribution in [-0.4, -0.2) is 42.1 Å². The van der Waals surface area contributed by atoms with Crippen LogP contribution in [0.3, 0.4) is 0 Å². The average molecular weight is 243 g/mol. The molecule has 1 saturated heterocycles. The fourth-order valence-corrected chi connectivity index (χ4v) is 2.30. The number of hydrogen-bond donors (Lipinski definition) is 2. The van der Waals surface area contributed by atoms with Crippen molar-refractivity contribution < 1.29 is 0 Å². The van der Waals surface area contributed by atoms with Gasteiger partial charge in [0.15, 0.2) is 0 Å². The summed E-state index contributed by atoms with van der Waals surface area (Å²) in [6, 6.07) is 0.536. The van der Waals surface area contributed by atoms with Crippen LogP contribution in [0.1, 0.15) is 39.0 Å². The number of nitrogens with two attached hydrogens (primary N) is 1. The number of thiocarbonyl (C=S) groups is 1. The Hall–Kier alpha value is -0.190. The summed E-state index contributed by atoms with van der Waals surface area (Å²) in [5, 5.41) is 3.27. The summed E-state index contributed by atoms with van der Waals surface area (Å²) in [5.41, 5.74) is 5.63. The van der Waals surface area contributed by atoms with E-state index in [-0.39, 0.29) is 0 Å². The van der Waals surface area contributed by atoms with Crippen LogP contribution in [-0.2, 0) is 0 Å². The third-order valence-corrected chi connectivity index (χ3v) is 3.47. The number of nitrogens with one attached hydrogen (secondary N) is 1. The molecule has 1 aliphatic heterocycles. The molecule has 0 unspecified atom stereocenters. The standard InChI is InChI=1S/C6H12N2S.C6H13N/c1-6(9)8-4-2-7-3-5-8;7-6-4-2-1-3-5-6/h7H,2-5H2,1H3;6H,1-5,7H2. The minimum atomic E-state index is 0.536. The highest BCUT2D eigenvalue weighted by Gasteiger charge is 2.08. The molecule has 1 aliphatic carbocycles. The van der Waals surface area contributed by atoms with E-state index in [0.717, 1.165) is 31.2 Å². The summed E-state index contributed by atoms with van der Waals surface area (Å²) in [5.74, 6) is 0. The molecule has 0 atom stereocenters. The fourth-order valence-electron chi connectivity index (χ4n) is 2.11. The van der Waals surface area contributed by atoms with Crippen molar-refractivity contribution in [2.45, 2.75) is 45.1 Å². The van der Waals surface area contributed by atoms with Gasteiger partial charge in [-0.15, -0.1) is 0 Å². The van der Waals surface area contributed by atoms with Crippen molar-refractivity contribution in [1.29, 1.82) is 0 Å². The summed E-state index contributed by atoms with van der Waals surface area (Å²) in [6.45, 7) is 6.30. The first kappa shape index (κ1) is 13.9. The Kier molecular flexibility index (Phi) is 6.92. The van der Waals surface area contributed by atoms with Gasteiger partial charge in [-0.2, -0.15) is 0 Å². The van der Waals surface area contributed by atoms with Gasteiger partial charge in [0, 0.05) is 32.2 Å². The molecule has 0 aromatic carbocycles. The van der Waals surface area contributed by atoms with E-state index in [4.69, 9.17) is 18.0 Å². The van der Waals surface area contributed by atoms with E-state index in [1.807, 2.05) is 6.92 Å².